The molecule has 2 heteroatoms. The number of ketones is 2. The van der Waals surface area contributed by atoms with E-state index in [9.17, 15) is 9.59 Å². The zero-order valence-corrected chi connectivity index (χ0v) is 15.1. The number of rotatable bonds is 0. The van der Waals surface area contributed by atoms with Gasteiger partial charge in [-0.25, -0.2) is 0 Å². The van der Waals surface area contributed by atoms with Crippen molar-refractivity contribution in [1.29, 1.82) is 0 Å². The molecule has 0 radical (unpaired) electrons. The minimum absolute atomic E-state index is 0.0288. The van der Waals surface area contributed by atoms with Gasteiger partial charge in [-0.15, -0.1) is 0 Å². The van der Waals surface area contributed by atoms with Gasteiger partial charge in [0.25, 0.3) is 0 Å². The van der Waals surface area contributed by atoms with E-state index < -0.39 is 0 Å². The Kier molecular flexibility index (Phi) is 3.09. The van der Waals surface area contributed by atoms with Crippen LogP contribution in [0.3, 0.4) is 0 Å². The average Bonchev–Trinajstić information content (AvgIpc) is 3.10. The molecule has 4 fully saturated rings. The van der Waals surface area contributed by atoms with Crippen molar-refractivity contribution in [2.75, 3.05) is 0 Å². The highest BCUT2D eigenvalue weighted by Gasteiger charge is 2.65. The number of fused-ring (bicyclic) bond motifs is 7. The number of Topliss-reactive ketones (excluding diaryl/α,β-unsaturated/α-hetero) is 1. The molecular weight excluding hydrogens is 296 g/mol. The van der Waals surface area contributed by atoms with E-state index in [1.54, 1.807) is 0 Å². The maximum Gasteiger partial charge on any atom is 0.155 e. The third-order valence-corrected chi connectivity index (χ3v) is 9.14. The highest BCUT2D eigenvalue weighted by Crippen LogP contribution is 2.68. The van der Waals surface area contributed by atoms with Crippen molar-refractivity contribution in [3.8, 4) is 0 Å². The van der Waals surface area contributed by atoms with E-state index in [1.165, 1.54) is 31.3 Å². The van der Waals surface area contributed by atoms with Crippen LogP contribution < -0.4 is 0 Å². The SMILES string of the molecule is C[C@]12CCC(=O)C=C1CC[C@H]1[C@@H]3[C@H]4CCC[C@H]4C(=O)[C@@]3(C)CC[C@@H]12. The van der Waals surface area contributed by atoms with E-state index >= 15 is 0 Å². The second-order valence-corrected chi connectivity index (χ2v) is 9.91. The monoisotopic (exact) mass is 326 g/mol. The fraction of sp³-hybridized carbons (Fsp3) is 0.818. The maximum absolute atomic E-state index is 13.2. The van der Waals surface area contributed by atoms with Crippen LogP contribution in [0.4, 0.5) is 0 Å². The lowest BCUT2D eigenvalue weighted by Crippen LogP contribution is -2.51. The van der Waals surface area contributed by atoms with E-state index in [0.717, 1.165) is 38.0 Å². The first-order valence-corrected chi connectivity index (χ1v) is 10.2. The third kappa shape index (κ3) is 1.73. The number of carbonyl (C=O) groups excluding carboxylic acids is 2. The van der Waals surface area contributed by atoms with Gasteiger partial charge in [0.15, 0.2) is 5.78 Å². The predicted octanol–water partition coefficient (Wildman–Crippen LogP) is 4.72. The summed E-state index contributed by atoms with van der Waals surface area (Å²) in [6.45, 7) is 4.75. The molecule has 0 bridgehead atoms. The minimum atomic E-state index is -0.0288. The summed E-state index contributed by atoms with van der Waals surface area (Å²) in [5, 5.41) is 0. The number of allylic oxidation sites excluding steroid dienone is 1. The maximum atomic E-state index is 13.2. The molecule has 5 rings (SSSR count). The molecule has 0 saturated heterocycles. The fourth-order valence-corrected chi connectivity index (χ4v) is 8.05. The Bertz CT molecular complexity index is 646. The summed E-state index contributed by atoms with van der Waals surface area (Å²) in [5.74, 6) is 4.08. The van der Waals surface area contributed by atoms with Gasteiger partial charge in [-0.2, -0.15) is 0 Å². The molecule has 7 atom stereocenters. The lowest BCUT2D eigenvalue weighted by atomic mass is 9.46. The zero-order chi connectivity index (χ0) is 16.7. The number of carbonyl (C=O) groups is 2. The van der Waals surface area contributed by atoms with Gasteiger partial charge in [0.2, 0.25) is 0 Å². The van der Waals surface area contributed by atoms with Gasteiger partial charge in [0.1, 0.15) is 5.78 Å². The molecule has 2 nitrogen and oxygen atoms in total. The summed E-state index contributed by atoms with van der Waals surface area (Å²) in [6.07, 6.45) is 12.1. The molecule has 0 aromatic heterocycles. The second kappa shape index (κ2) is 4.83. The smallest absolute Gasteiger partial charge is 0.155 e. The van der Waals surface area contributed by atoms with E-state index in [0.29, 0.717) is 35.2 Å². The van der Waals surface area contributed by atoms with Crippen LogP contribution in [0.1, 0.15) is 71.6 Å². The van der Waals surface area contributed by atoms with Crippen molar-refractivity contribution < 1.29 is 9.59 Å². The Morgan fingerprint density at radius 3 is 2.58 bits per heavy atom. The molecule has 0 aromatic rings. The average molecular weight is 326 g/mol. The standard InChI is InChI=1S/C22H30O2/c1-21-10-8-14(23)12-13(21)6-7-17-18(21)9-11-22(2)19(17)15-4-3-5-16(15)20(22)24/h12,15-19H,3-11H2,1-2H3/t15-,16+,17+,18-,19-,21-,22-/m0/s1. The van der Waals surface area contributed by atoms with E-state index in [2.05, 4.69) is 13.8 Å². The fourth-order valence-electron chi connectivity index (χ4n) is 8.05. The van der Waals surface area contributed by atoms with Crippen molar-refractivity contribution in [1.82, 2.24) is 0 Å². The van der Waals surface area contributed by atoms with Crippen molar-refractivity contribution in [2.24, 2.45) is 40.4 Å². The highest BCUT2D eigenvalue weighted by atomic mass is 16.1. The molecule has 0 aromatic carbocycles. The van der Waals surface area contributed by atoms with Crippen LogP contribution in [0.5, 0.6) is 0 Å². The van der Waals surface area contributed by atoms with Crippen LogP contribution in [0.15, 0.2) is 11.6 Å². The molecule has 130 valence electrons. The summed E-state index contributed by atoms with van der Waals surface area (Å²) >= 11 is 0. The topological polar surface area (TPSA) is 34.1 Å². The van der Waals surface area contributed by atoms with Crippen molar-refractivity contribution in [3.05, 3.63) is 11.6 Å². The first-order chi connectivity index (χ1) is 11.4. The Morgan fingerprint density at radius 2 is 1.75 bits per heavy atom. The van der Waals surface area contributed by atoms with Gasteiger partial charge in [-0.3, -0.25) is 9.59 Å². The Hall–Kier alpha value is -0.920. The van der Waals surface area contributed by atoms with Gasteiger partial charge in [-0.1, -0.05) is 25.8 Å². The Labute approximate surface area is 145 Å². The zero-order valence-electron chi connectivity index (χ0n) is 15.1. The molecule has 4 saturated carbocycles. The van der Waals surface area contributed by atoms with Gasteiger partial charge in [0.05, 0.1) is 0 Å². The largest absolute Gasteiger partial charge is 0.299 e. The van der Waals surface area contributed by atoms with E-state index in [-0.39, 0.29) is 10.8 Å². The second-order valence-electron chi connectivity index (χ2n) is 9.91. The summed E-state index contributed by atoms with van der Waals surface area (Å²) in [7, 11) is 0. The van der Waals surface area contributed by atoms with Gasteiger partial charge in [-0.05, 0) is 80.1 Å². The third-order valence-electron chi connectivity index (χ3n) is 9.14. The van der Waals surface area contributed by atoms with Crippen LogP contribution in [0, 0.1) is 40.4 Å². The van der Waals surface area contributed by atoms with Gasteiger partial charge >= 0.3 is 0 Å². The van der Waals surface area contributed by atoms with Gasteiger partial charge in [0, 0.05) is 17.8 Å². The van der Waals surface area contributed by atoms with Crippen LogP contribution in [-0.2, 0) is 9.59 Å². The summed E-state index contributed by atoms with van der Waals surface area (Å²) < 4.78 is 0. The summed E-state index contributed by atoms with van der Waals surface area (Å²) in [5.41, 5.74) is 1.65. The molecule has 0 aliphatic heterocycles. The first kappa shape index (κ1) is 15.3. The van der Waals surface area contributed by atoms with Crippen molar-refractivity contribution in [2.45, 2.75) is 71.6 Å². The van der Waals surface area contributed by atoms with Crippen molar-refractivity contribution in [3.63, 3.8) is 0 Å². The van der Waals surface area contributed by atoms with Crippen LogP contribution in [0.25, 0.3) is 0 Å². The van der Waals surface area contributed by atoms with E-state index in [4.69, 9.17) is 0 Å². The molecule has 0 heterocycles. The van der Waals surface area contributed by atoms with Gasteiger partial charge < -0.3 is 0 Å². The normalized spacial score (nSPS) is 53.1. The quantitative estimate of drug-likeness (QED) is 0.645. The van der Waals surface area contributed by atoms with Crippen LogP contribution in [0.2, 0.25) is 0 Å². The molecule has 0 spiro atoms. The molecule has 5 aliphatic rings. The van der Waals surface area contributed by atoms with E-state index in [1.807, 2.05) is 6.08 Å². The van der Waals surface area contributed by atoms with Crippen LogP contribution >= 0.6 is 0 Å². The predicted molar refractivity (Wildman–Crippen MR) is 93.3 cm³/mol. The highest BCUT2D eigenvalue weighted by molar-refractivity contribution is 5.92. The molecular formula is C22H30O2. The Balaban J connectivity index is 1.55. The minimum Gasteiger partial charge on any atom is -0.299 e. The van der Waals surface area contributed by atoms with Crippen LogP contribution in [-0.4, -0.2) is 11.6 Å². The lowest BCUT2D eigenvalue weighted by molar-refractivity contribution is -0.135. The molecule has 0 unspecified atom stereocenters. The number of hydrogen-bond acceptors (Lipinski definition) is 2. The molecule has 24 heavy (non-hydrogen) atoms. The Morgan fingerprint density at radius 1 is 0.917 bits per heavy atom. The lowest BCUT2D eigenvalue weighted by Gasteiger charge is -2.57. The first-order valence-electron chi connectivity index (χ1n) is 10.2. The molecule has 5 aliphatic carbocycles. The van der Waals surface area contributed by atoms with Crippen molar-refractivity contribution >= 4 is 11.6 Å². The number of hydrogen-bond donors (Lipinski definition) is 0. The molecule has 0 N–H and O–H groups in total. The summed E-state index contributed by atoms with van der Waals surface area (Å²) in [6, 6.07) is 0. The summed E-state index contributed by atoms with van der Waals surface area (Å²) in [4.78, 5) is 25.1. The molecule has 0 amide bonds.